The molecule has 0 aliphatic carbocycles. The Bertz CT molecular complexity index is 395. The van der Waals surface area contributed by atoms with E-state index in [4.69, 9.17) is 5.11 Å². The first kappa shape index (κ1) is 11.1. The lowest BCUT2D eigenvalue weighted by atomic mass is 9.96. The molecule has 6 nitrogen and oxygen atoms in total. The average molecular weight is 211 g/mol. The van der Waals surface area contributed by atoms with Crippen molar-refractivity contribution in [1.82, 2.24) is 0 Å². The number of non-ortho nitro benzene ring substituents is 1. The lowest BCUT2D eigenvalue weighted by Gasteiger charge is -2.17. The number of rotatable bonds is 3. The normalized spacial score (nSPS) is 14.3. The molecular weight excluding hydrogens is 202 g/mol. The minimum Gasteiger partial charge on any atom is -0.479 e. The minimum atomic E-state index is -2.03. The van der Waals surface area contributed by atoms with Crippen molar-refractivity contribution in [1.29, 1.82) is 0 Å². The second kappa shape index (κ2) is 3.66. The van der Waals surface area contributed by atoms with Crippen molar-refractivity contribution in [2.75, 3.05) is 0 Å². The van der Waals surface area contributed by atoms with E-state index in [1.807, 2.05) is 0 Å². The summed E-state index contributed by atoms with van der Waals surface area (Å²) in [5.74, 6) is -1.41. The highest BCUT2D eigenvalue weighted by Crippen LogP contribution is 2.23. The van der Waals surface area contributed by atoms with Crippen molar-refractivity contribution in [3.05, 3.63) is 39.9 Å². The lowest BCUT2D eigenvalue weighted by molar-refractivity contribution is -0.384. The molecule has 1 atom stereocenters. The fourth-order valence-corrected chi connectivity index (χ4v) is 1.03. The smallest absolute Gasteiger partial charge is 0.340 e. The number of nitro benzene ring substituents is 1. The molecule has 0 bridgehead atoms. The van der Waals surface area contributed by atoms with Gasteiger partial charge in [-0.05, 0) is 24.6 Å². The molecule has 0 aromatic heterocycles. The van der Waals surface area contributed by atoms with E-state index in [1.54, 1.807) is 0 Å². The van der Waals surface area contributed by atoms with Gasteiger partial charge in [0.2, 0.25) is 0 Å². The van der Waals surface area contributed by atoms with Crippen LogP contribution in [0, 0.1) is 10.1 Å². The third-order valence-electron chi connectivity index (χ3n) is 2.06. The van der Waals surface area contributed by atoms with E-state index in [2.05, 4.69) is 0 Å². The molecule has 0 saturated carbocycles. The van der Waals surface area contributed by atoms with Gasteiger partial charge in [-0.1, -0.05) is 0 Å². The molecular formula is C9H9NO5. The summed E-state index contributed by atoms with van der Waals surface area (Å²) in [6.07, 6.45) is 0. The Labute approximate surface area is 84.9 Å². The van der Waals surface area contributed by atoms with Gasteiger partial charge in [0.25, 0.3) is 5.69 Å². The monoisotopic (exact) mass is 211 g/mol. The maximum atomic E-state index is 10.7. The zero-order valence-corrected chi connectivity index (χ0v) is 7.88. The number of nitrogens with zero attached hydrogens (tertiary/aromatic N) is 1. The summed E-state index contributed by atoms with van der Waals surface area (Å²) in [5.41, 5.74) is -2.09. The first-order valence-electron chi connectivity index (χ1n) is 4.06. The first-order valence-corrected chi connectivity index (χ1v) is 4.06. The van der Waals surface area contributed by atoms with Crippen LogP contribution in [0.25, 0.3) is 0 Å². The van der Waals surface area contributed by atoms with Crippen LogP contribution in [0.2, 0.25) is 0 Å². The zero-order valence-electron chi connectivity index (χ0n) is 7.88. The Morgan fingerprint density at radius 1 is 1.40 bits per heavy atom. The van der Waals surface area contributed by atoms with Crippen LogP contribution in [-0.2, 0) is 10.4 Å². The third kappa shape index (κ3) is 2.10. The summed E-state index contributed by atoms with van der Waals surface area (Å²) in [6.45, 7) is 1.11. The molecule has 0 aliphatic heterocycles. The molecule has 2 N–H and O–H groups in total. The van der Waals surface area contributed by atoms with E-state index in [1.165, 1.54) is 12.1 Å². The highest BCUT2D eigenvalue weighted by atomic mass is 16.6. The Morgan fingerprint density at radius 3 is 2.20 bits per heavy atom. The van der Waals surface area contributed by atoms with Crippen LogP contribution in [-0.4, -0.2) is 21.1 Å². The van der Waals surface area contributed by atoms with E-state index in [0.29, 0.717) is 0 Å². The fraction of sp³-hybridized carbons (Fsp3) is 0.222. The summed E-state index contributed by atoms with van der Waals surface area (Å²) < 4.78 is 0. The summed E-state index contributed by atoms with van der Waals surface area (Å²) >= 11 is 0. The van der Waals surface area contributed by atoms with Gasteiger partial charge in [-0.15, -0.1) is 0 Å². The summed E-state index contributed by atoms with van der Waals surface area (Å²) in [4.78, 5) is 20.4. The molecule has 0 amide bonds. The molecule has 0 fully saturated rings. The molecule has 0 radical (unpaired) electrons. The van der Waals surface area contributed by atoms with Gasteiger partial charge in [0.05, 0.1) is 4.92 Å². The molecule has 1 aromatic rings. The van der Waals surface area contributed by atoms with Gasteiger partial charge < -0.3 is 10.2 Å². The van der Waals surface area contributed by atoms with Crippen molar-refractivity contribution in [3.63, 3.8) is 0 Å². The molecule has 15 heavy (non-hydrogen) atoms. The van der Waals surface area contributed by atoms with Crippen LogP contribution in [0.5, 0.6) is 0 Å². The standard InChI is InChI=1S/C9H9NO5/c1-9(13,8(11)12)6-2-4-7(5-3-6)10(14)15/h2-5,13H,1H3,(H,11,12)/t9-/m1/s1. The van der Waals surface area contributed by atoms with Gasteiger partial charge in [0.1, 0.15) is 0 Å². The number of carbonyl (C=O) groups is 1. The molecule has 0 saturated heterocycles. The van der Waals surface area contributed by atoms with Crippen LogP contribution >= 0.6 is 0 Å². The molecule has 1 aromatic carbocycles. The molecule has 0 aliphatic rings. The van der Waals surface area contributed by atoms with Crippen molar-refractivity contribution >= 4 is 11.7 Å². The molecule has 0 heterocycles. The van der Waals surface area contributed by atoms with Crippen molar-refractivity contribution in [3.8, 4) is 0 Å². The number of benzene rings is 1. The van der Waals surface area contributed by atoms with Crippen LogP contribution in [0.15, 0.2) is 24.3 Å². The van der Waals surface area contributed by atoms with Crippen molar-refractivity contribution < 1.29 is 19.9 Å². The van der Waals surface area contributed by atoms with E-state index < -0.39 is 16.5 Å². The molecule has 0 unspecified atom stereocenters. The summed E-state index contributed by atoms with van der Waals surface area (Å²) in [6, 6.07) is 4.72. The number of carboxylic acids is 1. The van der Waals surface area contributed by atoms with Crippen LogP contribution < -0.4 is 0 Å². The predicted molar refractivity (Wildman–Crippen MR) is 50.3 cm³/mol. The maximum Gasteiger partial charge on any atom is 0.340 e. The van der Waals surface area contributed by atoms with Crippen molar-refractivity contribution in [2.45, 2.75) is 12.5 Å². The third-order valence-corrected chi connectivity index (χ3v) is 2.06. The average Bonchev–Trinajstić information content (AvgIpc) is 2.17. The van der Waals surface area contributed by atoms with Gasteiger partial charge in [0.15, 0.2) is 5.60 Å². The maximum absolute atomic E-state index is 10.7. The lowest BCUT2D eigenvalue weighted by Crippen LogP contribution is -2.31. The number of carboxylic acid groups (broad SMARTS) is 1. The number of hydrogen-bond donors (Lipinski definition) is 2. The molecule has 0 spiro atoms. The Kier molecular flexibility index (Phi) is 2.71. The highest BCUT2D eigenvalue weighted by Gasteiger charge is 2.32. The Morgan fingerprint density at radius 2 is 1.87 bits per heavy atom. The van der Waals surface area contributed by atoms with Gasteiger partial charge >= 0.3 is 5.97 Å². The second-order valence-electron chi connectivity index (χ2n) is 3.18. The first-order chi connectivity index (χ1) is 6.85. The predicted octanol–water partition coefficient (Wildman–Crippen LogP) is 0.887. The van der Waals surface area contributed by atoms with Gasteiger partial charge in [0, 0.05) is 12.1 Å². The number of nitro groups is 1. The molecule has 6 heteroatoms. The minimum absolute atomic E-state index is 0.0978. The molecule has 80 valence electrons. The quantitative estimate of drug-likeness (QED) is 0.571. The summed E-state index contributed by atoms with van der Waals surface area (Å²) in [7, 11) is 0. The van der Waals surface area contributed by atoms with Gasteiger partial charge in [-0.2, -0.15) is 0 Å². The second-order valence-corrected chi connectivity index (χ2v) is 3.18. The SMILES string of the molecule is C[C@](O)(C(=O)O)c1ccc([N+](=O)[O-])cc1. The van der Waals surface area contributed by atoms with Crippen LogP contribution in [0.3, 0.4) is 0 Å². The Hall–Kier alpha value is -1.95. The van der Waals surface area contributed by atoms with Gasteiger partial charge in [-0.25, -0.2) is 4.79 Å². The highest BCUT2D eigenvalue weighted by molar-refractivity contribution is 5.78. The van der Waals surface area contributed by atoms with Gasteiger partial charge in [-0.3, -0.25) is 10.1 Å². The number of aliphatic hydroxyl groups is 1. The van der Waals surface area contributed by atoms with Crippen LogP contribution in [0.1, 0.15) is 12.5 Å². The topological polar surface area (TPSA) is 101 Å². The van der Waals surface area contributed by atoms with E-state index in [0.717, 1.165) is 19.1 Å². The van der Waals surface area contributed by atoms with E-state index in [9.17, 15) is 20.0 Å². The number of aliphatic carboxylic acids is 1. The van der Waals surface area contributed by atoms with E-state index in [-0.39, 0.29) is 11.3 Å². The Balaban J connectivity index is 3.09. The largest absolute Gasteiger partial charge is 0.479 e. The summed E-state index contributed by atoms with van der Waals surface area (Å²) in [5, 5.41) is 28.5. The zero-order chi connectivity index (χ0) is 11.6. The van der Waals surface area contributed by atoms with Crippen LogP contribution in [0.4, 0.5) is 5.69 Å². The van der Waals surface area contributed by atoms with Crippen molar-refractivity contribution in [2.24, 2.45) is 0 Å². The number of hydrogen-bond acceptors (Lipinski definition) is 4. The fourth-order valence-electron chi connectivity index (χ4n) is 1.03. The molecule has 1 rings (SSSR count). The van der Waals surface area contributed by atoms with E-state index >= 15 is 0 Å².